The van der Waals surface area contributed by atoms with Crippen molar-refractivity contribution in [3.63, 3.8) is 0 Å². The average molecular weight is 284 g/mol. The second kappa shape index (κ2) is 6.31. The Labute approximate surface area is 126 Å². The lowest BCUT2D eigenvalue weighted by atomic mass is 10.0. The number of benzene rings is 1. The molecule has 1 saturated heterocycles. The van der Waals surface area contributed by atoms with E-state index in [9.17, 15) is 0 Å². The predicted molar refractivity (Wildman–Crippen MR) is 89.5 cm³/mol. The van der Waals surface area contributed by atoms with E-state index >= 15 is 0 Å². The Hall–Kier alpha value is -1.81. The Balaban J connectivity index is 1.73. The number of aromatic nitrogens is 1. The number of piperidine rings is 1. The molecule has 0 saturated carbocycles. The van der Waals surface area contributed by atoms with Crippen molar-refractivity contribution in [3.05, 3.63) is 30.6 Å². The molecule has 2 heterocycles. The molecular formula is C17H24N4. The zero-order chi connectivity index (χ0) is 14.7. The highest BCUT2D eigenvalue weighted by Gasteiger charge is 2.19. The molecule has 0 atom stereocenters. The lowest BCUT2D eigenvalue weighted by molar-refractivity contribution is 0.219. The first-order valence-corrected chi connectivity index (χ1v) is 7.89. The van der Waals surface area contributed by atoms with E-state index in [0.717, 1.165) is 22.1 Å². The molecule has 4 heteroatoms. The zero-order valence-corrected chi connectivity index (χ0v) is 12.7. The molecule has 0 bridgehead atoms. The molecule has 0 amide bonds. The third kappa shape index (κ3) is 3.10. The van der Waals surface area contributed by atoms with E-state index in [4.69, 9.17) is 5.73 Å². The van der Waals surface area contributed by atoms with Crippen LogP contribution in [0.1, 0.15) is 26.2 Å². The van der Waals surface area contributed by atoms with E-state index in [1.807, 2.05) is 18.3 Å². The van der Waals surface area contributed by atoms with Crippen LogP contribution >= 0.6 is 0 Å². The summed E-state index contributed by atoms with van der Waals surface area (Å²) in [5.41, 5.74) is 8.02. The third-order valence-corrected chi connectivity index (χ3v) is 4.34. The Morgan fingerprint density at radius 3 is 2.81 bits per heavy atom. The number of rotatable bonds is 4. The van der Waals surface area contributed by atoms with Gasteiger partial charge in [0.05, 0.1) is 0 Å². The van der Waals surface area contributed by atoms with Crippen LogP contribution in [-0.2, 0) is 0 Å². The van der Waals surface area contributed by atoms with Crippen LogP contribution in [0.25, 0.3) is 10.8 Å². The van der Waals surface area contributed by atoms with Gasteiger partial charge in [-0.25, -0.2) is 0 Å². The molecule has 0 spiro atoms. The van der Waals surface area contributed by atoms with Gasteiger partial charge >= 0.3 is 0 Å². The van der Waals surface area contributed by atoms with Gasteiger partial charge in [0.2, 0.25) is 0 Å². The number of likely N-dealkylation sites (tertiary alicyclic amines) is 1. The molecule has 1 aromatic carbocycles. The molecular weight excluding hydrogens is 260 g/mol. The fourth-order valence-electron chi connectivity index (χ4n) is 3.18. The van der Waals surface area contributed by atoms with Crippen LogP contribution in [-0.4, -0.2) is 35.6 Å². The van der Waals surface area contributed by atoms with Crippen molar-refractivity contribution in [2.75, 3.05) is 30.7 Å². The van der Waals surface area contributed by atoms with Crippen LogP contribution in [0, 0.1) is 0 Å². The smallest absolute Gasteiger partial charge is 0.0439 e. The van der Waals surface area contributed by atoms with Gasteiger partial charge in [-0.2, -0.15) is 0 Å². The maximum atomic E-state index is 6.05. The van der Waals surface area contributed by atoms with Gasteiger partial charge in [0.25, 0.3) is 0 Å². The Morgan fingerprint density at radius 2 is 2.05 bits per heavy atom. The molecule has 1 aliphatic rings. The molecule has 4 nitrogen and oxygen atoms in total. The molecule has 3 N–H and O–H groups in total. The minimum absolute atomic E-state index is 0.546. The molecule has 112 valence electrons. The second-order valence-corrected chi connectivity index (χ2v) is 5.88. The zero-order valence-electron chi connectivity index (χ0n) is 12.7. The van der Waals surface area contributed by atoms with Crippen molar-refractivity contribution in [2.45, 2.75) is 32.2 Å². The summed E-state index contributed by atoms with van der Waals surface area (Å²) in [5.74, 6) is 0. The number of nitrogens with two attached hydrogens (primary N) is 1. The Morgan fingerprint density at radius 1 is 1.24 bits per heavy atom. The standard InChI is InChI=1S/C17H24N4/c1-2-9-21-10-6-13(7-11-21)20-17-4-3-16(18)14-5-8-19-12-15(14)17/h3-5,8,12-13,20H,2,6-7,9-11,18H2,1H3. The summed E-state index contributed by atoms with van der Waals surface area (Å²) in [6, 6.07) is 6.60. The lowest BCUT2D eigenvalue weighted by Gasteiger charge is -2.32. The minimum atomic E-state index is 0.546. The summed E-state index contributed by atoms with van der Waals surface area (Å²) in [7, 11) is 0. The van der Waals surface area contributed by atoms with Gasteiger partial charge in [-0.3, -0.25) is 4.98 Å². The van der Waals surface area contributed by atoms with Crippen molar-refractivity contribution >= 4 is 22.1 Å². The summed E-state index contributed by atoms with van der Waals surface area (Å²) in [5, 5.41) is 5.89. The summed E-state index contributed by atoms with van der Waals surface area (Å²) >= 11 is 0. The van der Waals surface area contributed by atoms with E-state index in [0.29, 0.717) is 6.04 Å². The van der Waals surface area contributed by atoms with E-state index < -0.39 is 0 Å². The number of hydrogen-bond donors (Lipinski definition) is 2. The molecule has 1 aliphatic heterocycles. The third-order valence-electron chi connectivity index (χ3n) is 4.34. The Bertz CT molecular complexity index is 603. The van der Waals surface area contributed by atoms with E-state index in [2.05, 4.69) is 28.2 Å². The fraction of sp³-hybridized carbons (Fsp3) is 0.471. The predicted octanol–water partition coefficient (Wildman–Crippen LogP) is 3.10. The van der Waals surface area contributed by atoms with Crippen molar-refractivity contribution in [3.8, 4) is 0 Å². The van der Waals surface area contributed by atoms with Crippen LogP contribution in [0.2, 0.25) is 0 Å². The van der Waals surface area contributed by atoms with E-state index in [1.54, 1.807) is 6.20 Å². The van der Waals surface area contributed by atoms with Crippen LogP contribution in [0.3, 0.4) is 0 Å². The molecule has 0 radical (unpaired) electrons. The first-order chi connectivity index (χ1) is 10.3. The van der Waals surface area contributed by atoms with Gasteiger partial charge < -0.3 is 16.0 Å². The number of pyridine rings is 1. The van der Waals surface area contributed by atoms with Gasteiger partial charge in [-0.1, -0.05) is 6.92 Å². The molecule has 0 unspecified atom stereocenters. The normalized spacial score (nSPS) is 17.2. The number of fused-ring (bicyclic) bond motifs is 1. The molecule has 0 aliphatic carbocycles. The number of nitrogen functional groups attached to an aromatic ring is 1. The quantitative estimate of drug-likeness (QED) is 0.847. The number of anilines is 2. The van der Waals surface area contributed by atoms with Gasteiger partial charge in [-0.15, -0.1) is 0 Å². The van der Waals surface area contributed by atoms with Crippen molar-refractivity contribution in [2.24, 2.45) is 0 Å². The summed E-state index contributed by atoms with van der Waals surface area (Å²) in [6.07, 6.45) is 7.34. The summed E-state index contributed by atoms with van der Waals surface area (Å²) in [4.78, 5) is 6.80. The minimum Gasteiger partial charge on any atom is -0.398 e. The first kappa shape index (κ1) is 14.1. The number of nitrogens with zero attached hydrogens (tertiary/aromatic N) is 2. The largest absolute Gasteiger partial charge is 0.398 e. The van der Waals surface area contributed by atoms with Gasteiger partial charge in [0.15, 0.2) is 0 Å². The highest BCUT2D eigenvalue weighted by Crippen LogP contribution is 2.29. The lowest BCUT2D eigenvalue weighted by Crippen LogP contribution is -2.39. The van der Waals surface area contributed by atoms with Crippen LogP contribution in [0.5, 0.6) is 0 Å². The van der Waals surface area contributed by atoms with Crippen LogP contribution in [0.15, 0.2) is 30.6 Å². The van der Waals surface area contributed by atoms with Crippen LogP contribution in [0.4, 0.5) is 11.4 Å². The SMILES string of the molecule is CCCN1CCC(Nc2ccc(N)c3ccncc23)CC1. The van der Waals surface area contributed by atoms with Crippen molar-refractivity contribution in [1.29, 1.82) is 0 Å². The monoisotopic (exact) mass is 284 g/mol. The average Bonchev–Trinajstić information content (AvgIpc) is 2.52. The second-order valence-electron chi connectivity index (χ2n) is 5.88. The molecule has 3 rings (SSSR count). The highest BCUT2D eigenvalue weighted by molar-refractivity contribution is 6.00. The summed E-state index contributed by atoms with van der Waals surface area (Å²) < 4.78 is 0. The molecule has 2 aromatic rings. The molecule has 1 fully saturated rings. The molecule has 1 aromatic heterocycles. The van der Waals surface area contributed by atoms with E-state index in [1.165, 1.54) is 38.9 Å². The topological polar surface area (TPSA) is 54.2 Å². The summed E-state index contributed by atoms with van der Waals surface area (Å²) in [6.45, 7) is 5.85. The maximum absolute atomic E-state index is 6.05. The first-order valence-electron chi connectivity index (χ1n) is 7.89. The Kier molecular flexibility index (Phi) is 4.25. The van der Waals surface area contributed by atoms with Gasteiger partial charge in [-0.05, 0) is 44.0 Å². The van der Waals surface area contributed by atoms with E-state index in [-0.39, 0.29) is 0 Å². The van der Waals surface area contributed by atoms with Crippen molar-refractivity contribution in [1.82, 2.24) is 9.88 Å². The molecule has 21 heavy (non-hydrogen) atoms. The fourth-order valence-corrected chi connectivity index (χ4v) is 3.18. The van der Waals surface area contributed by atoms with Crippen molar-refractivity contribution < 1.29 is 0 Å². The highest BCUT2D eigenvalue weighted by atomic mass is 15.1. The maximum Gasteiger partial charge on any atom is 0.0439 e. The van der Waals surface area contributed by atoms with Gasteiger partial charge in [0.1, 0.15) is 0 Å². The number of hydrogen-bond acceptors (Lipinski definition) is 4. The van der Waals surface area contributed by atoms with Crippen LogP contribution < -0.4 is 11.1 Å². The van der Waals surface area contributed by atoms with Gasteiger partial charge in [0, 0.05) is 53.7 Å². The number of nitrogens with one attached hydrogen (secondary N) is 1.